The second kappa shape index (κ2) is 11.0. The smallest absolute Gasteiger partial charge is 0.270 e. The zero-order valence-electron chi connectivity index (χ0n) is 16.8. The number of carbonyl (C=O) groups is 1. The predicted octanol–water partition coefficient (Wildman–Crippen LogP) is 3.60. The van der Waals surface area contributed by atoms with Crippen molar-refractivity contribution in [2.75, 3.05) is 32.1 Å². The minimum Gasteiger partial charge on any atom is -0.497 e. The van der Waals surface area contributed by atoms with E-state index in [2.05, 4.69) is 26.7 Å². The molecule has 7 heteroatoms. The normalized spacial score (nSPS) is 13.3. The highest BCUT2D eigenvalue weighted by atomic mass is 16.5. The Bertz CT molecular complexity index is 821. The number of benzene rings is 1. The highest BCUT2D eigenvalue weighted by molar-refractivity contribution is 5.92. The van der Waals surface area contributed by atoms with Crippen molar-refractivity contribution in [3.8, 4) is 11.5 Å². The third-order valence-electron chi connectivity index (χ3n) is 4.72. The fourth-order valence-electron chi connectivity index (χ4n) is 3.13. The number of nitrogens with zero attached hydrogens (tertiary/aromatic N) is 2. The summed E-state index contributed by atoms with van der Waals surface area (Å²) in [7, 11) is 1.63. The largest absolute Gasteiger partial charge is 0.497 e. The number of methoxy groups -OCH3 is 1. The molecule has 1 aliphatic carbocycles. The zero-order valence-corrected chi connectivity index (χ0v) is 16.8. The number of amides is 1. The fourth-order valence-corrected chi connectivity index (χ4v) is 3.13. The summed E-state index contributed by atoms with van der Waals surface area (Å²) in [5.41, 5.74) is 1.80. The molecule has 154 valence electrons. The third-order valence-corrected chi connectivity index (χ3v) is 4.72. The molecule has 0 fully saturated rings. The second-order valence-electron chi connectivity index (χ2n) is 6.83. The molecule has 2 N–H and O–H groups in total. The molecular formula is C22H28N4O3. The van der Waals surface area contributed by atoms with Gasteiger partial charge >= 0.3 is 0 Å². The summed E-state index contributed by atoms with van der Waals surface area (Å²) >= 11 is 0. The van der Waals surface area contributed by atoms with Gasteiger partial charge in [-0.25, -0.2) is 9.97 Å². The lowest BCUT2D eigenvalue weighted by molar-refractivity contribution is 0.0949. The van der Waals surface area contributed by atoms with Gasteiger partial charge in [0.05, 0.1) is 13.7 Å². The fraction of sp³-hybridized carbons (Fsp3) is 0.409. The van der Waals surface area contributed by atoms with Crippen LogP contribution in [0.2, 0.25) is 0 Å². The van der Waals surface area contributed by atoms with Gasteiger partial charge in [-0.15, -0.1) is 0 Å². The lowest BCUT2D eigenvalue weighted by Crippen LogP contribution is -2.26. The van der Waals surface area contributed by atoms with Crippen LogP contribution < -0.4 is 20.1 Å². The van der Waals surface area contributed by atoms with E-state index in [1.165, 1.54) is 18.4 Å². The zero-order chi connectivity index (χ0) is 20.3. The minimum atomic E-state index is -0.179. The van der Waals surface area contributed by atoms with Crippen LogP contribution >= 0.6 is 0 Å². The monoisotopic (exact) mass is 396 g/mol. The number of aromatic nitrogens is 2. The molecule has 1 aliphatic rings. The van der Waals surface area contributed by atoms with E-state index in [1.807, 2.05) is 24.3 Å². The molecule has 2 aromatic rings. The predicted molar refractivity (Wildman–Crippen MR) is 113 cm³/mol. The molecule has 0 unspecified atom stereocenters. The molecule has 29 heavy (non-hydrogen) atoms. The van der Waals surface area contributed by atoms with Crippen LogP contribution in [0.1, 0.15) is 42.6 Å². The molecule has 0 aliphatic heterocycles. The van der Waals surface area contributed by atoms with Crippen molar-refractivity contribution in [1.29, 1.82) is 0 Å². The average Bonchev–Trinajstić information content (AvgIpc) is 2.78. The number of nitrogens with one attached hydrogen (secondary N) is 2. The maximum Gasteiger partial charge on any atom is 0.270 e. The van der Waals surface area contributed by atoms with Gasteiger partial charge in [-0.3, -0.25) is 4.79 Å². The summed E-state index contributed by atoms with van der Waals surface area (Å²) in [5, 5.41) is 6.02. The molecule has 0 atom stereocenters. The highest BCUT2D eigenvalue weighted by Crippen LogP contribution is 2.19. The van der Waals surface area contributed by atoms with Crippen molar-refractivity contribution in [2.45, 2.75) is 32.1 Å². The Morgan fingerprint density at radius 1 is 1.10 bits per heavy atom. The lowest BCUT2D eigenvalue weighted by Gasteiger charge is -2.13. The van der Waals surface area contributed by atoms with Crippen LogP contribution in [0, 0.1) is 0 Å². The van der Waals surface area contributed by atoms with E-state index in [0.29, 0.717) is 31.3 Å². The van der Waals surface area contributed by atoms with E-state index >= 15 is 0 Å². The molecule has 0 saturated heterocycles. The van der Waals surface area contributed by atoms with Gasteiger partial charge in [-0.2, -0.15) is 0 Å². The topological polar surface area (TPSA) is 85.4 Å². The van der Waals surface area contributed by atoms with Gasteiger partial charge in [0, 0.05) is 12.7 Å². The number of ether oxygens (including phenoxy) is 2. The Morgan fingerprint density at radius 3 is 2.69 bits per heavy atom. The summed E-state index contributed by atoms with van der Waals surface area (Å²) in [6.07, 6.45) is 9.63. The molecular weight excluding hydrogens is 368 g/mol. The first-order valence-corrected chi connectivity index (χ1v) is 10.0. The Kier molecular flexibility index (Phi) is 7.86. The van der Waals surface area contributed by atoms with Gasteiger partial charge in [0.15, 0.2) is 0 Å². The molecule has 1 aromatic heterocycles. The minimum absolute atomic E-state index is 0.179. The van der Waals surface area contributed by atoms with Crippen LogP contribution in [-0.4, -0.2) is 42.7 Å². The molecule has 0 radical (unpaired) electrons. The van der Waals surface area contributed by atoms with Crippen molar-refractivity contribution in [1.82, 2.24) is 15.3 Å². The van der Waals surface area contributed by atoms with Gasteiger partial charge in [-0.1, -0.05) is 11.6 Å². The van der Waals surface area contributed by atoms with Gasteiger partial charge in [0.25, 0.3) is 5.91 Å². The highest BCUT2D eigenvalue weighted by Gasteiger charge is 2.09. The van der Waals surface area contributed by atoms with Crippen LogP contribution in [0.15, 0.2) is 48.2 Å². The van der Waals surface area contributed by atoms with Crippen molar-refractivity contribution < 1.29 is 14.3 Å². The summed E-state index contributed by atoms with van der Waals surface area (Å²) in [4.78, 5) is 20.8. The number of carbonyl (C=O) groups excluding carboxylic acids is 1. The first-order valence-electron chi connectivity index (χ1n) is 10.0. The van der Waals surface area contributed by atoms with E-state index < -0.39 is 0 Å². The van der Waals surface area contributed by atoms with Gasteiger partial charge < -0.3 is 20.1 Å². The van der Waals surface area contributed by atoms with Crippen LogP contribution in [0.3, 0.4) is 0 Å². The Labute approximate surface area is 171 Å². The first-order chi connectivity index (χ1) is 14.2. The maximum absolute atomic E-state index is 12.3. The molecule has 0 spiro atoms. The molecule has 3 rings (SSSR count). The first kappa shape index (κ1) is 20.6. The number of hydrogen-bond acceptors (Lipinski definition) is 6. The average molecular weight is 396 g/mol. The molecule has 7 nitrogen and oxygen atoms in total. The number of hydrogen-bond donors (Lipinski definition) is 2. The molecule has 0 saturated carbocycles. The molecule has 1 heterocycles. The Morgan fingerprint density at radius 2 is 1.93 bits per heavy atom. The van der Waals surface area contributed by atoms with Gasteiger partial charge in [0.2, 0.25) is 5.95 Å². The standard InChI is InChI=1S/C22H28N4O3/c1-28-18-7-9-19(10-8-18)29-16-15-25-22-24-14-12-20(26-22)21(27)23-13-11-17-5-3-2-4-6-17/h5,7-10,12,14H,2-4,6,11,13,15-16H2,1H3,(H,23,27)(H,24,25,26). The molecule has 0 bridgehead atoms. The lowest BCUT2D eigenvalue weighted by atomic mass is 9.97. The summed E-state index contributed by atoms with van der Waals surface area (Å²) < 4.78 is 10.8. The summed E-state index contributed by atoms with van der Waals surface area (Å²) in [5.74, 6) is 1.77. The Balaban J connectivity index is 1.39. The van der Waals surface area contributed by atoms with Crippen LogP contribution in [0.25, 0.3) is 0 Å². The quantitative estimate of drug-likeness (QED) is 0.471. The Hall–Kier alpha value is -3.09. The van der Waals surface area contributed by atoms with Gasteiger partial charge in [-0.05, 0) is 62.4 Å². The number of rotatable bonds is 10. The summed E-state index contributed by atoms with van der Waals surface area (Å²) in [6, 6.07) is 9.01. The van der Waals surface area contributed by atoms with E-state index in [-0.39, 0.29) is 5.91 Å². The van der Waals surface area contributed by atoms with E-state index in [1.54, 1.807) is 19.4 Å². The SMILES string of the molecule is COc1ccc(OCCNc2nccc(C(=O)NCCC3=CCCCC3)n2)cc1. The number of allylic oxidation sites excluding steroid dienone is 1. The van der Waals surface area contributed by atoms with Gasteiger partial charge in [0.1, 0.15) is 23.8 Å². The maximum atomic E-state index is 12.3. The van der Waals surface area contributed by atoms with Crippen molar-refractivity contribution in [2.24, 2.45) is 0 Å². The molecule has 1 amide bonds. The van der Waals surface area contributed by atoms with Crippen molar-refractivity contribution >= 4 is 11.9 Å². The van der Waals surface area contributed by atoms with E-state index in [0.717, 1.165) is 30.8 Å². The van der Waals surface area contributed by atoms with E-state index in [9.17, 15) is 4.79 Å². The second-order valence-corrected chi connectivity index (χ2v) is 6.83. The van der Waals surface area contributed by atoms with Crippen molar-refractivity contribution in [3.05, 3.63) is 53.9 Å². The molecule has 1 aromatic carbocycles. The third kappa shape index (κ3) is 6.78. The van der Waals surface area contributed by atoms with Crippen LogP contribution in [0.4, 0.5) is 5.95 Å². The van der Waals surface area contributed by atoms with Crippen molar-refractivity contribution in [3.63, 3.8) is 0 Å². The van der Waals surface area contributed by atoms with Crippen LogP contribution in [0.5, 0.6) is 11.5 Å². The summed E-state index contributed by atoms with van der Waals surface area (Å²) in [6.45, 7) is 1.60. The van der Waals surface area contributed by atoms with Crippen LogP contribution in [-0.2, 0) is 0 Å². The van der Waals surface area contributed by atoms with E-state index in [4.69, 9.17) is 9.47 Å². The number of anilines is 1.